The van der Waals surface area contributed by atoms with Crippen LogP contribution in [-0.4, -0.2) is 56.8 Å². The highest BCUT2D eigenvalue weighted by Gasteiger charge is 2.30. The van der Waals surface area contributed by atoms with E-state index in [1.165, 1.54) is 8.61 Å². The first-order valence-electron chi connectivity index (χ1n) is 4.36. The molecule has 0 radical (unpaired) electrons. The molecule has 1 aliphatic rings. The van der Waals surface area contributed by atoms with Crippen molar-refractivity contribution >= 4 is 22.6 Å². The van der Waals surface area contributed by atoms with E-state index in [9.17, 15) is 8.42 Å². The summed E-state index contributed by atoms with van der Waals surface area (Å²) < 4.78 is 26.2. The highest BCUT2D eigenvalue weighted by atomic mass is 35.5. The summed E-state index contributed by atoms with van der Waals surface area (Å²) in [7, 11) is -0.103. The van der Waals surface area contributed by atoms with Crippen molar-refractivity contribution in [2.45, 2.75) is 13.0 Å². The number of nitrogens with zero attached hydrogens (tertiary/aromatic N) is 2. The highest BCUT2D eigenvalue weighted by Crippen LogP contribution is 2.10. The molecule has 1 atom stereocenters. The normalized spacial score (nSPS) is 24.7. The van der Waals surface area contributed by atoms with Gasteiger partial charge in [0.15, 0.2) is 0 Å². The van der Waals surface area contributed by atoms with E-state index in [0.29, 0.717) is 6.54 Å². The number of piperazine rings is 1. The average molecular weight is 244 g/mol. The minimum atomic E-state index is -3.22. The van der Waals surface area contributed by atoms with Gasteiger partial charge in [0.1, 0.15) is 0 Å². The lowest BCUT2D eigenvalue weighted by Gasteiger charge is -2.34. The van der Waals surface area contributed by atoms with E-state index in [1.54, 1.807) is 14.1 Å². The predicted octanol–water partition coefficient (Wildman–Crippen LogP) is -0.492. The first kappa shape index (κ1) is 14.1. The van der Waals surface area contributed by atoms with Gasteiger partial charge in [-0.05, 0) is 6.92 Å². The van der Waals surface area contributed by atoms with Crippen molar-refractivity contribution in [1.29, 1.82) is 0 Å². The molecular weight excluding hydrogens is 226 g/mol. The van der Waals surface area contributed by atoms with Gasteiger partial charge in [-0.3, -0.25) is 0 Å². The molecule has 1 heterocycles. The zero-order valence-corrected chi connectivity index (χ0v) is 10.4. The first-order chi connectivity index (χ1) is 5.96. The molecule has 7 heteroatoms. The molecule has 0 unspecified atom stereocenters. The maximum atomic E-state index is 11.7. The molecular formula is C7H18ClN3O2S. The van der Waals surface area contributed by atoms with Gasteiger partial charge in [-0.1, -0.05) is 0 Å². The summed E-state index contributed by atoms with van der Waals surface area (Å²) in [4.78, 5) is 0. The van der Waals surface area contributed by atoms with Crippen molar-refractivity contribution < 1.29 is 8.42 Å². The van der Waals surface area contributed by atoms with E-state index in [0.717, 1.165) is 13.1 Å². The van der Waals surface area contributed by atoms with Gasteiger partial charge in [0.2, 0.25) is 0 Å². The Morgan fingerprint density at radius 3 is 2.43 bits per heavy atom. The Kier molecular flexibility index (Phi) is 5.32. The molecule has 0 saturated carbocycles. The van der Waals surface area contributed by atoms with Crippen molar-refractivity contribution in [1.82, 2.24) is 13.9 Å². The van der Waals surface area contributed by atoms with Gasteiger partial charge < -0.3 is 5.32 Å². The monoisotopic (exact) mass is 243 g/mol. The Morgan fingerprint density at radius 2 is 2.00 bits per heavy atom. The average Bonchev–Trinajstić information content (AvgIpc) is 2.04. The van der Waals surface area contributed by atoms with Crippen molar-refractivity contribution in [3.63, 3.8) is 0 Å². The minimum Gasteiger partial charge on any atom is -0.314 e. The third-order valence-corrected chi connectivity index (χ3v) is 4.26. The third-order valence-electron chi connectivity index (χ3n) is 2.20. The molecule has 1 aliphatic heterocycles. The van der Waals surface area contributed by atoms with E-state index in [1.807, 2.05) is 6.92 Å². The van der Waals surface area contributed by atoms with E-state index in [-0.39, 0.29) is 18.4 Å². The van der Waals surface area contributed by atoms with Crippen molar-refractivity contribution in [2.75, 3.05) is 33.7 Å². The molecule has 0 aliphatic carbocycles. The highest BCUT2D eigenvalue weighted by molar-refractivity contribution is 7.86. The summed E-state index contributed by atoms with van der Waals surface area (Å²) >= 11 is 0. The molecule has 0 bridgehead atoms. The molecule has 1 rings (SSSR count). The second-order valence-electron chi connectivity index (χ2n) is 3.45. The molecule has 1 N–H and O–H groups in total. The minimum absolute atomic E-state index is 0. The number of hydrogen-bond acceptors (Lipinski definition) is 3. The number of rotatable bonds is 2. The predicted molar refractivity (Wildman–Crippen MR) is 58.9 cm³/mol. The second-order valence-corrected chi connectivity index (χ2v) is 5.55. The SMILES string of the molecule is C[C@@H]1CNCCN1S(=O)(=O)N(C)C.Cl. The molecule has 0 aromatic heterocycles. The van der Waals surface area contributed by atoms with Crippen molar-refractivity contribution in [3.8, 4) is 0 Å². The smallest absolute Gasteiger partial charge is 0.281 e. The fourth-order valence-electron chi connectivity index (χ4n) is 1.37. The third kappa shape index (κ3) is 2.80. The molecule has 86 valence electrons. The zero-order valence-electron chi connectivity index (χ0n) is 8.73. The summed E-state index contributed by atoms with van der Waals surface area (Å²) in [6.07, 6.45) is 0. The quantitative estimate of drug-likeness (QED) is 0.712. The number of hydrogen-bond donors (Lipinski definition) is 1. The van der Waals surface area contributed by atoms with Crippen LogP contribution in [0, 0.1) is 0 Å². The van der Waals surface area contributed by atoms with Crippen LogP contribution in [0.3, 0.4) is 0 Å². The Balaban J connectivity index is 0.00000169. The van der Waals surface area contributed by atoms with Crippen LogP contribution < -0.4 is 5.32 Å². The Bertz CT molecular complexity index is 268. The number of nitrogens with one attached hydrogen (secondary N) is 1. The van der Waals surface area contributed by atoms with E-state index in [4.69, 9.17) is 0 Å². The summed E-state index contributed by atoms with van der Waals surface area (Å²) in [6.45, 7) is 3.93. The summed E-state index contributed by atoms with van der Waals surface area (Å²) in [5, 5.41) is 3.15. The zero-order chi connectivity index (χ0) is 10.1. The Morgan fingerprint density at radius 1 is 1.43 bits per heavy atom. The number of halogens is 1. The van der Waals surface area contributed by atoms with Gasteiger partial charge in [-0.2, -0.15) is 17.0 Å². The van der Waals surface area contributed by atoms with Crippen LogP contribution in [0.15, 0.2) is 0 Å². The van der Waals surface area contributed by atoms with Gasteiger partial charge in [-0.15, -0.1) is 12.4 Å². The lowest BCUT2D eigenvalue weighted by molar-refractivity contribution is 0.268. The summed E-state index contributed by atoms with van der Waals surface area (Å²) in [5.41, 5.74) is 0. The molecule has 1 fully saturated rings. The van der Waals surface area contributed by atoms with E-state index in [2.05, 4.69) is 5.32 Å². The lowest BCUT2D eigenvalue weighted by atomic mass is 10.3. The van der Waals surface area contributed by atoms with Gasteiger partial charge >= 0.3 is 0 Å². The van der Waals surface area contributed by atoms with Crippen LogP contribution in [0.4, 0.5) is 0 Å². The fourth-order valence-corrected chi connectivity index (χ4v) is 2.65. The fraction of sp³-hybridized carbons (Fsp3) is 1.00. The Labute approximate surface area is 92.0 Å². The summed E-state index contributed by atoms with van der Waals surface area (Å²) in [5.74, 6) is 0. The van der Waals surface area contributed by atoms with Gasteiger partial charge in [0.05, 0.1) is 0 Å². The van der Waals surface area contributed by atoms with E-state index < -0.39 is 10.2 Å². The van der Waals surface area contributed by atoms with Crippen molar-refractivity contribution in [3.05, 3.63) is 0 Å². The topological polar surface area (TPSA) is 52.7 Å². The molecule has 0 aromatic carbocycles. The Hall–Kier alpha value is 0.120. The van der Waals surface area contributed by atoms with Gasteiger partial charge in [-0.25, -0.2) is 0 Å². The maximum absolute atomic E-state index is 11.7. The molecule has 0 aromatic rings. The maximum Gasteiger partial charge on any atom is 0.281 e. The molecule has 1 saturated heterocycles. The van der Waals surface area contributed by atoms with Crippen LogP contribution in [0.2, 0.25) is 0 Å². The lowest BCUT2D eigenvalue weighted by Crippen LogP contribution is -2.54. The van der Waals surface area contributed by atoms with Crippen LogP contribution >= 0.6 is 12.4 Å². The molecule has 0 spiro atoms. The second kappa shape index (κ2) is 5.27. The standard InChI is InChI=1S/C7H17N3O2S.ClH/c1-7-6-8-4-5-10(7)13(11,12)9(2)3;/h7-8H,4-6H2,1-3H3;1H/t7-;/m1./s1. The van der Waals surface area contributed by atoms with Crippen molar-refractivity contribution in [2.24, 2.45) is 0 Å². The van der Waals surface area contributed by atoms with Gasteiger partial charge in [0, 0.05) is 39.8 Å². The molecule has 0 amide bonds. The van der Waals surface area contributed by atoms with Crippen LogP contribution in [0.25, 0.3) is 0 Å². The van der Waals surface area contributed by atoms with Crippen LogP contribution in [-0.2, 0) is 10.2 Å². The van der Waals surface area contributed by atoms with E-state index >= 15 is 0 Å². The van der Waals surface area contributed by atoms with Crippen LogP contribution in [0.1, 0.15) is 6.92 Å². The van der Waals surface area contributed by atoms with Gasteiger partial charge in [0.25, 0.3) is 10.2 Å². The van der Waals surface area contributed by atoms with Crippen LogP contribution in [0.5, 0.6) is 0 Å². The molecule has 5 nitrogen and oxygen atoms in total. The first-order valence-corrected chi connectivity index (χ1v) is 5.76. The summed E-state index contributed by atoms with van der Waals surface area (Å²) in [6, 6.07) is 0.0427. The molecule has 14 heavy (non-hydrogen) atoms. The largest absolute Gasteiger partial charge is 0.314 e.